The number of rotatable bonds is 3. The van der Waals surface area contributed by atoms with Crippen LogP contribution in [0.15, 0.2) is 30.3 Å². The molecule has 0 unspecified atom stereocenters. The highest BCUT2D eigenvalue weighted by Gasteiger charge is 2.14. The molecule has 1 aromatic carbocycles. The van der Waals surface area contributed by atoms with Crippen molar-refractivity contribution in [3.63, 3.8) is 0 Å². The van der Waals surface area contributed by atoms with Crippen LogP contribution in [-0.2, 0) is 6.42 Å². The first-order chi connectivity index (χ1) is 8.76. The van der Waals surface area contributed by atoms with Crippen molar-refractivity contribution in [2.24, 2.45) is 5.92 Å². The van der Waals surface area contributed by atoms with Gasteiger partial charge in [0.05, 0.1) is 0 Å². The van der Waals surface area contributed by atoms with Crippen molar-refractivity contribution >= 4 is 0 Å². The Morgan fingerprint density at radius 2 is 1.61 bits per heavy atom. The Bertz CT molecular complexity index is 286. The summed E-state index contributed by atoms with van der Waals surface area (Å²) in [6.07, 6.45) is 5.22. The van der Waals surface area contributed by atoms with Gasteiger partial charge in [0.25, 0.3) is 0 Å². The van der Waals surface area contributed by atoms with Crippen molar-refractivity contribution in [1.29, 1.82) is 0 Å². The minimum Gasteiger partial charge on any atom is -0.303 e. The van der Waals surface area contributed by atoms with E-state index < -0.39 is 0 Å². The van der Waals surface area contributed by atoms with Crippen LogP contribution in [-0.4, -0.2) is 24.5 Å². The smallest absolute Gasteiger partial charge is 0.00218 e. The maximum atomic E-state index is 2.60. The van der Waals surface area contributed by atoms with Crippen LogP contribution >= 0.6 is 0 Å². The third-order valence-electron chi connectivity index (χ3n) is 3.44. The second-order valence-corrected chi connectivity index (χ2v) is 5.47. The molecule has 1 heteroatoms. The Morgan fingerprint density at radius 3 is 2.17 bits per heavy atom. The van der Waals surface area contributed by atoms with Gasteiger partial charge in [-0.05, 0) is 43.8 Å². The molecule has 18 heavy (non-hydrogen) atoms. The highest BCUT2D eigenvalue weighted by Crippen LogP contribution is 2.16. The summed E-state index contributed by atoms with van der Waals surface area (Å²) in [4.78, 5) is 2.60. The van der Waals surface area contributed by atoms with Crippen LogP contribution in [0.2, 0.25) is 0 Å². The van der Waals surface area contributed by atoms with Gasteiger partial charge in [-0.3, -0.25) is 0 Å². The molecule has 1 aliphatic rings. The minimum atomic E-state index is 0.943. The lowest BCUT2D eigenvalue weighted by atomic mass is 9.99. The second-order valence-electron chi connectivity index (χ2n) is 5.47. The van der Waals surface area contributed by atoms with Crippen molar-refractivity contribution < 1.29 is 0 Å². The first-order valence-corrected chi connectivity index (χ1v) is 7.52. The lowest BCUT2D eigenvalue weighted by Gasteiger charge is -2.30. The Balaban J connectivity index is 0.000000492. The molecule has 0 bridgehead atoms. The molecule has 0 aromatic heterocycles. The third-order valence-corrected chi connectivity index (χ3v) is 3.44. The molecule has 0 radical (unpaired) electrons. The van der Waals surface area contributed by atoms with E-state index in [1.165, 1.54) is 50.9 Å². The van der Waals surface area contributed by atoms with Gasteiger partial charge in [-0.25, -0.2) is 0 Å². The third kappa shape index (κ3) is 6.20. The molecule has 0 N–H and O–H groups in total. The molecule has 1 aromatic rings. The fraction of sp³-hybridized carbons (Fsp3) is 0.647. The van der Waals surface area contributed by atoms with Crippen molar-refractivity contribution in [2.75, 3.05) is 19.6 Å². The van der Waals surface area contributed by atoms with Gasteiger partial charge in [0.15, 0.2) is 0 Å². The second kappa shape index (κ2) is 9.16. The van der Waals surface area contributed by atoms with Gasteiger partial charge in [0.2, 0.25) is 0 Å². The van der Waals surface area contributed by atoms with Crippen LogP contribution in [0.3, 0.4) is 0 Å². The van der Waals surface area contributed by atoms with E-state index >= 15 is 0 Å². The number of benzene rings is 1. The van der Waals surface area contributed by atoms with Gasteiger partial charge in [-0.2, -0.15) is 0 Å². The zero-order chi connectivity index (χ0) is 13.2. The Kier molecular flexibility index (Phi) is 7.75. The van der Waals surface area contributed by atoms with Crippen LogP contribution < -0.4 is 0 Å². The molecule has 1 fully saturated rings. The SMILES string of the molecule is CC1CCN(CCc2ccccc2)CC1.CCC. The molecule has 102 valence electrons. The van der Waals surface area contributed by atoms with E-state index in [-0.39, 0.29) is 0 Å². The summed E-state index contributed by atoms with van der Waals surface area (Å²) in [6, 6.07) is 10.8. The van der Waals surface area contributed by atoms with E-state index in [0.29, 0.717) is 0 Å². The average molecular weight is 247 g/mol. The van der Waals surface area contributed by atoms with Gasteiger partial charge < -0.3 is 4.90 Å². The van der Waals surface area contributed by atoms with Crippen molar-refractivity contribution in [3.8, 4) is 0 Å². The molecule has 2 rings (SSSR count). The van der Waals surface area contributed by atoms with Gasteiger partial charge in [0.1, 0.15) is 0 Å². The number of nitrogens with zero attached hydrogens (tertiary/aromatic N) is 1. The van der Waals surface area contributed by atoms with E-state index in [1.807, 2.05) is 0 Å². The van der Waals surface area contributed by atoms with Crippen LogP contribution in [0.5, 0.6) is 0 Å². The lowest BCUT2D eigenvalue weighted by molar-refractivity contribution is 0.194. The van der Waals surface area contributed by atoms with Crippen molar-refractivity contribution in [2.45, 2.75) is 46.5 Å². The van der Waals surface area contributed by atoms with Gasteiger partial charge >= 0.3 is 0 Å². The molecule has 0 spiro atoms. The van der Waals surface area contributed by atoms with E-state index in [0.717, 1.165) is 5.92 Å². The molecule has 1 heterocycles. The fourth-order valence-corrected chi connectivity index (χ4v) is 2.22. The molecule has 1 nitrogen and oxygen atoms in total. The number of piperidine rings is 1. The van der Waals surface area contributed by atoms with Gasteiger partial charge in [0, 0.05) is 6.54 Å². The summed E-state index contributed by atoms with van der Waals surface area (Å²) in [5.41, 5.74) is 1.47. The van der Waals surface area contributed by atoms with E-state index in [4.69, 9.17) is 0 Å². The first kappa shape index (κ1) is 15.2. The van der Waals surface area contributed by atoms with E-state index in [9.17, 15) is 0 Å². The van der Waals surface area contributed by atoms with Crippen LogP contribution in [0.4, 0.5) is 0 Å². The zero-order valence-corrected chi connectivity index (χ0v) is 12.4. The molecular formula is C17H29N. The number of likely N-dealkylation sites (tertiary alicyclic amines) is 1. The predicted octanol–water partition coefficient (Wildman–Crippen LogP) is 4.38. The summed E-state index contributed by atoms with van der Waals surface area (Å²) >= 11 is 0. The fourth-order valence-electron chi connectivity index (χ4n) is 2.22. The summed E-state index contributed by atoms with van der Waals surface area (Å²) in [7, 11) is 0. The summed E-state index contributed by atoms with van der Waals surface area (Å²) in [5, 5.41) is 0. The highest BCUT2D eigenvalue weighted by molar-refractivity contribution is 5.14. The van der Waals surface area contributed by atoms with Crippen molar-refractivity contribution in [1.82, 2.24) is 4.90 Å². The molecule has 1 saturated heterocycles. The summed E-state index contributed by atoms with van der Waals surface area (Å²) in [5.74, 6) is 0.943. The van der Waals surface area contributed by atoms with Gasteiger partial charge in [-0.15, -0.1) is 0 Å². The van der Waals surface area contributed by atoms with Crippen LogP contribution in [0, 0.1) is 5.92 Å². The number of hydrogen-bond donors (Lipinski definition) is 0. The quantitative estimate of drug-likeness (QED) is 0.766. The van der Waals surface area contributed by atoms with E-state index in [1.54, 1.807) is 0 Å². The Morgan fingerprint density at radius 1 is 1.06 bits per heavy atom. The molecular weight excluding hydrogens is 218 g/mol. The minimum absolute atomic E-state index is 0.943. The van der Waals surface area contributed by atoms with E-state index in [2.05, 4.69) is 56.0 Å². The topological polar surface area (TPSA) is 3.24 Å². The molecule has 1 aliphatic heterocycles. The zero-order valence-electron chi connectivity index (χ0n) is 12.4. The Hall–Kier alpha value is -0.820. The Labute approximate surface area is 113 Å². The average Bonchev–Trinajstić information content (AvgIpc) is 2.40. The van der Waals surface area contributed by atoms with Crippen LogP contribution in [0.1, 0.15) is 45.6 Å². The van der Waals surface area contributed by atoms with Crippen molar-refractivity contribution in [3.05, 3.63) is 35.9 Å². The maximum Gasteiger partial charge on any atom is 0.00218 e. The normalized spacial score (nSPS) is 17.1. The number of hydrogen-bond acceptors (Lipinski definition) is 1. The summed E-state index contributed by atoms with van der Waals surface area (Å²) < 4.78 is 0. The highest BCUT2D eigenvalue weighted by atomic mass is 15.1. The monoisotopic (exact) mass is 247 g/mol. The largest absolute Gasteiger partial charge is 0.303 e. The molecule has 0 atom stereocenters. The first-order valence-electron chi connectivity index (χ1n) is 7.52. The molecule has 0 amide bonds. The van der Waals surface area contributed by atoms with Gasteiger partial charge in [-0.1, -0.05) is 57.5 Å². The maximum absolute atomic E-state index is 2.60. The predicted molar refractivity (Wildman–Crippen MR) is 80.9 cm³/mol. The molecule has 0 saturated carbocycles. The lowest BCUT2D eigenvalue weighted by Crippen LogP contribution is -2.34. The standard InChI is InChI=1S/C14H21N.C3H8/c1-13-7-10-15(11-8-13)12-9-14-5-3-2-4-6-14;1-3-2/h2-6,13H,7-12H2,1H3;3H2,1-2H3. The van der Waals surface area contributed by atoms with Crippen LogP contribution in [0.25, 0.3) is 0 Å². The molecule has 0 aliphatic carbocycles. The summed E-state index contributed by atoms with van der Waals surface area (Å²) in [6.45, 7) is 10.5.